The number of ketones is 1. The third-order valence-electron chi connectivity index (χ3n) is 6.44. The van der Waals surface area contributed by atoms with Crippen LogP contribution in [0.15, 0.2) is 120 Å². The number of hydrogen-bond donors (Lipinski definition) is 0. The highest BCUT2D eigenvalue weighted by atomic mass is 32.2. The minimum absolute atomic E-state index is 0.0801. The Kier molecular flexibility index (Phi) is 8.44. The highest BCUT2D eigenvalue weighted by Gasteiger charge is 2.35. The van der Waals surface area contributed by atoms with E-state index >= 15 is 0 Å². The summed E-state index contributed by atoms with van der Waals surface area (Å²) in [6, 6.07) is 35.5. The van der Waals surface area contributed by atoms with Crippen molar-refractivity contribution in [2.75, 3.05) is 7.11 Å². The maximum absolute atomic E-state index is 13.3. The van der Waals surface area contributed by atoms with Gasteiger partial charge in [0.15, 0.2) is 0 Å². The van der Waals surface area contributed by atoms with Gasteiger partial charge in [0.25, 0.3) is 0 Å². The van der Waals surface area contributed by atoms with Crippen LogP contribution in [0.1, 0.15) is 24.5 Å². The predicted octanol–water partition coefficient (Wildman–Crippen LogP) is 7.91. The maximum Gasteiger partial charge on any atom is 0.137 e. The van der Waals surface area contributed by atoms with Gasteiger partial charge >= 0.3 is 0 Å². The molecule has 0 aliphatic heterocycles. The van der Waals surface area contributed by atoms with Gasteiger partial charge in [-0.15, -0.1) is 11.8 Å². The zero-order valence-electron chi connectivity index (χ0n) is 20.4. The number of Topliss-reactive ketones (excluding diaryl/α,β-unsaturated/α-hetero) is 1. The molecule has 0 radical (unpaired) electrons. The van der Waals surface area contributed by atoms with Gasteiger partial charge in [-0.1, -0.05) is 91.0 Å². The van der Waals surface area contributed by atoms with Gasteiger partial charge in [0.05, 0.1) is 13.4 Å². The van der Waals surface area contributed by atoms with Crippen molar-refractivity contribution in [3.05, 3.63) is 127 Å². The lowest BCUT2D eigenvalue weighted by molar-refractivity contribution is -0.119. The molecule has 0 fully saturated rings. The van der Waals surface area contributed by atoms with Crippen molar-refractivity contribution in [1.82, 2.24) is 0 Å². The number of carbonyl (C=O) groups is 1. The first kappa shape index (κ1) is 24.8. The number of benzene rings is 4. The molecule has 2 unspecified atom stereocenters. The summed E-state index contributed by atoms with van der Waals surface area (Å²) in [5, 5.41) is 2.46. The number of hydrogen-bond acceptors (Lipinski definition) is 3. The summed E-state index contributed by atoms with van der Waals surface area (Å²) in [7, 11) is 1.67. The van der Waals surface area contributed by atoms with Crippen LogP contribution in [0.5, 0.6) is 0 Å². The third-order valence-corrected chi connectivity index (χ3v) is 7.86. The number of fused-ring (bicyclic) bond motifs is 1. The molecule has 4 rings (SSSR count). The van der Waals surface area contributed by atoms with Crippen LogP contribution in [-0.2, 0) is 22.4 Å². The van der Waals surface area contributed by atoms with Crippen LogP contribution in [0, 0.1) is 5.92 Å². The Bertz CT molecular complexity index is 1270. The van der Waals surface area contributed by atoms with Crippen LogP contribution in [0.3, 0.4) is 0 Å². The molecule has 4 aromatic rings. The molecule has 0 aromatic heterocycles. The van der Waals surface area contributed by atoms with Crippen molar-refractivity contribution < 1.29 is 9.53 Å². The van der Waals surface area contributed by atoms with Crippen LogP contribution in [-0.4, -0.2) is 17.6 Å². The van der Waals surface area contributed by atoms with Gasteiger partial charge in [-0.2, -0.15) is 0 Å². The van der Waals surface area contributed by atoms with Crippen molar-refractivity contribution in [1.29, 1.82) is 0 Å². The second kappa shape index (κ2) is 11.9. The molecule has 0 N–H and O–H groups in total. The molecule has 0 aliphatic carbocycles. The van der Waals surface area contributed by atoms with E-state index in [4.69, 9.17) is 4.74 Å². The molecule has 35 heavy (non-hydrogen) atoms. The molecule has 0 heterocycles. The summed E-state index contributed by atoms with van der Waals surface area (Å²) in [5.41, 5.74) is 2.30. The third kappa shape index (κ3) is 6.86. The van der Waals surface area contributed by atoms with Gasteiger partial charge < -0.3 is 4.74 Å². The molecule has 2 nitrogen and oxygen atoms in total. The average Bonchev–Trinajstić information content (AvgIpc) is 2.88. The lowest BCUT2D eigenvalue weighted by Gasteiger charge is -2.35. The number of carbonyl (C=O) groups excluding carboxylic acids is 1. The van der Waals surface area contributed by atoms with E-state index in [1.807, 2.05) is 36.4 Å². The van der Waals surface area contributed by atoms with E-state index < -0.39 is 0 Å². The minimum Gasteiger partial charge on any atom is -0.505 e. The lowest BCUT2D eigenvalue weighted by atomic mass is 9.82. The number of rotatable bonds is 11. The van der Waals surface area contributed by atoms with Crippen LogP contribution in [0.2, 0.25) is 0 Å². The van der Waals surface area contributed by atoms with E-state index in [0.717, 1.165) is 12.0 Å². The van der Waals surface area contributed by atoms with Gasteiger partial charge in [-0.05, 0) is 59.4 Å². The van der Waals surface area contributed by atoms with Crippen molar-refractivity contribution in [3.63, 3.8) is 0 Å². The van der Waals surface area contributed by atoms with Crippen molar-refractivity contribution >= 4 is 28.3 Å². The SMILES string of the molecule is COC=CC(C)(Sc1ccccc1)C(CC(=O)Cc1ccccc1)Cc1ccc2ccccc2c1. The van der Waals surface area contributed by atoms with E-state index in [1.165, 1.54) is 21.2 Å². The van der Waals surface area contributed by atoms with E-state index in [0.29, 0.717) is 12.8 Å². The first-order valence-corrected chi connectivity index (χ1v) is 12.9. The Hall–Kier alpha value is -3.30. The van der Waals surface area contributed by atoms with Crippen molar-refractivity contribution in [3.8, 4) is 0 Å². The van der Waals surface area contributed by atoms with Crippen molar-refractivity contribution in [2.24, 2.45) is 5.92 Å². The zero-order valence-corrected chi connectivity index (χ0v) is 21.2. The first-order valence-electron chi connectivity index (χ1n) is 12.0. The number of ether oxygens (including phenoxy) is 1. The monoisotopic (exact) mass is 480 g/mol. The average molecular weight is 481 g/mol. The zero-order chi connectivity index (χ0) is 24.5. The molecule has 4 aromatic carbocycles. The highest BCUT2D eigenvalue weighted by molar-refractivity contribution is 8.00. The summed E-state index contributed by atoms with van der Waals surface area (Å²) in [4.78, 5) is 14.5. The summed E-state index contributed by atoms with van der Waals surface area (Å²) >= 11 is 1.79. The molecule has 0 amide bonds. The Morgan fingerprint density at radius 2 is 1.51 bits per heavy atom. The second-order valence-electron chi connectivity index (χ2n) is 9.13. The van der Waals surface area contributed by atoms with Gasteiger partial charge in [-0.25, -0.2) is 0 Å². The Morgan fingerprint density at radius 3 is 2.23 bits per heavy atom. The summed E-state index contributed by atoms with van der Waals surface area (Å²) < 4.78 is 5.02. The molecule has 0 aliphatic rings. The van der Waals surface area contributed by atoms with Crippen molar-refractivity contribution in [2.45, 2.75) is 35.8 Å². The van der Waals surface area contributed by atoms with Gasteiger partial charge in [0.2, 0.25) is 0 Å². The van der Waals surface area contributed by atoms with Gasteiger partial charge in [0, 0.05) is 22.5 Å². The fourth-order valence-electron chi connectivity index (χ4n) is 4.50. The fourth-order valence-corrected chi connectivity index (χ4v) is 5.76. The van der Waals surface area contributed by atoms with E-state index in [9.17, 15) is 4.79 Å². The van der Waals surface area contributed by atoms with Crippen LogP contribution in [0.4, 0.5) is 0 Å². The van der Waals surface area contributed by atoms with E-state index in [-0.39, 0.29) is 16.4 Å². The van der Waals surface area contributed by atoms with Crippen LogP contribution in [0.25, 0.3) is 10.8 Å². The molecular formula is C32H32O2S. The Balaban J connectivity index is 1.66. The Labute approximate surface area is 213 Å². The molecule has 178 valence electrons. The summed E-state index contributed by atoms with van der Waals surface area (Å²) in [6.07, 6.45) is 5.62. The van der Waals surface area contributed by atoms with Crippen LogP contribution >= 0.6 is 11.8 Å². The molecule has 0 spiro atoms. The Morgan fingerprint density at radius 1 is 0.857 bits per heavy atom. The number of thioether (sulfide) groups is 1. The first-order chi connectivity index (χ1) is 17.1. The van der Waals surface area contributed by atoms with E-state index in [2.05, 4.69) is 79.7 Å². The number of methoxy groups -OCH3 is 1. The topological polar surface area (TPSA) is 26.3 Å². The predicted molar refractivity (Wildman–Crippen MR) is 148 cm³/mol. The molecule has 3 heteroatoms. The molecule has 0 bridgehead atoms. The van der Waals surface area contributed by atoms with Gasteiger partial charge in [-0.3, -0.25) is 4.79 Å². The normalized spacial score (nSPS) is 14.0. The minimum atomic E-state index is -0.338. The smallest absolute Gasteiger partial charge is 0.137 e. The molecular weight excluding hydrogens is 448 g/mol. The summed E-state index contributed by atoms with van der Waals surface area (Å²) in [5.74, 6) is 0.337. The quantitative estimate of drug-likeness (QED) is 0.161. The highest BCUT2D eigenvalue weighted by Crippen LogP contribution is 2.43. The fraction of sp³-hybridized carbons (Fsp3) is 0.219. The van der Waals surface area contributed by atoms with Crippen LogP contribution < -0.4 is 0 Å². The van der Waals surface area contributed by atoms with Gasteiger partial charge in [0.1, 0.15) is 5.78 Å². The van der Waals surface area contributed by atoms with E-state index in [1.54, 1.807) is 25.1 Å². The molecule has 0 saturated heterocycles. The standard InChI is InChI=1S/C32H32O2S/c1-32(19-20-34-2,35-31-15-7-4-8-16-31)29(24-30(33)23-25-11-5-3-6-12-25)22-26-17-18-27-13-9-10-14-28(27)21-26/h3-21,29H,22-24H2,1-2H3. The lowest BCUT2D eigenvalue weighted by Crippen LogP contribution is -2.33. The summed E-state index contributed by atoms with van der Waals surface area (Å²) in [6.45, 7) is 2.22. The molecule has 2 atom stereocenters. The second-order valence-corrected chi connectivity index (χ2v) is 10.7. The molecule has 0 saturated carbocycles. The maximum atomic E-state index is 13.3. The largest absolute Gasteiger partial charge is 0.505 e.